The van der Waals surface area contributed by atoms with Crippen LogP contribution in [-0.2, 0) is 20.7 Å². The van der Waals surface area contributed by atoms with E-state index in [1.54, 1.807) is 32.7 Å². The largest absolute Gasteiger partial charge is 0.494 e. The van der Waals surface area contributed by atoms with Gasteiger partial charge in [-0.25, -0.2) is 9.80 Å². The summed E-state index contributed by atoms with van der Waals surface area (Å²) in [6.45, 7) is 6.11. The molecule has 9 nitrogen and oxygen atoms in total. The van der Waals surface area contributed by atoms with Gasteiger partial charge in [0.15, 0.2) is 0 Å². The van der Waals surface area contributed by atoms with Crippen molar-refractivity contribution in [1.29, 1.82) is 0 Å². The van der Waals surface area contributed by atoms with Crippen molar-refractivity contribution >= 4 is 23.6 Å². The number of hydrazone groups is 1. The lowest BCUT2D eigenvalue weighted by atomic mass is 9.73. The van der Waals surface area contributed by atoms with Gasteiger partial charge in [-0.2, -0.15) is 5.10 Å². The topological polar surface area (TPSA) is 101 Å². The summed E-state index contributed by atoms with van der Waals surface area (Å²) < 4.78 is 11.2. The maximum absolute atomic E-state index is 13.8. The number of alkyl carbamates (subject to hydrolysis) is 1. The number of nitrogens with zero attached hydrogens (tertiary/aromatic N) is 3. The van der Waals surface area contributed by atoms with Crippen molar-refractivity contribution in [2.24, 2.45) is 10.5 Å². The van der Waals surface area contributed by atoms with Gasteiger partial charge < -0.3 is 19.7 Å². The Morgan fingerprint density at radius 2 is 1.74 bits per heavy atom. The molecule has 2 heterocycles. The minimum absolute atomic E-state index is 0.127. The van der Waals surface area contributed by atoms with Crippen LogP contribution in [0.4, 0.5) is 4.79 Å². The van der Waals surface area contributed by atoms with E-state index in [1.807, 2.05) is 60.7 Å². The summed E-state index contributed by atoms with van der Waals surface area (Å²) >= 11 is 0. The van der Waals surface area contributed by atoms with Crippen LogP contribution in [0.2, 0.25) is 0 Å². The van der Waals surface area contributed by atoms with Crippen LogP contribution in [-0.4, -0.2) is 71.9 Å². The lowest BCUT2D eigenvalue weighted by molar-refractivity contribution is -0.141. The fourth-order valence-corrected chi connectivity index (χ4v) is 4.95. The molecule has 1 saturated heterocycles. The zero-order valence-electron chi connectivity index (χ0n) is 22.5. The number of para-hydroxylation sites is 1. The fraction of sp³-hybridized carbons (Fsp3) is 0.448. The molecular weight excluding hydrogens is 484 g/mol. The molecule has 0 saturated carbocycles. The van der Waals surface area contributed by atoms with Crippen LogP contribution in [0.3, 0.4) is 0 Å². The number of nitrogens with one attached hydrogen (secondary N) is 1. The highest BCUT2D eigenvalue weighted by atomic mass is 16.6. The summed E-state index contributed by atoms with van der Waals surface area (Å²) in [5.74, 6) is 0.274. The van der Waals surface area contributed by atoms with E-state index in [4.69, 9.17) is 9.47 Å². The summed E-state index contributed by atoms with van der Waals surface area (Å²) in [5.41, 5.74) is 0.149. The van der Waals surface area contributed by atoms with Gasteiger partial charge >= 0.3 is 6.09 Å². The second-order valence-electron chi connectivity index (χ2n) is 10.8. The molecule has 2 aliphatic heterocycles. The third-order valence-corrected chi connectivity index (χ3v) is 6.67. The Balaban J connectivity index is 1.53. The first-order valence-corrected chi connectivity index (χ1v) is 12.9. The van der Waals surface area contributed by atoms with Crippen LogP contribution >= 0.6 is 0 Å². The maximum Gasteiger partial charge on any atom is 0.408 e. The molecule has 9 heteroatoms. The summed E-state index contributed by atoms with van der Waals surface area (Å²) in [4.78, 5) is 41.6. The Kier molecular flexibility index (Phi) is 8.04. The molecule has 0 bridgehead atoms. The van der Waals surface area contributed by atoms with Gasteiger partial charge in [0.1, 0.15) is 22.8 Å². The average molecular weight is 521 g/mol. The number of fused-ring (bicyclic) bond motifs is 1. The summed E-state index contributed by atoms with van der Waals surface area (Å²) in [7, 11) is 1.65. The third kappa shape index (κ3) is 6.33. The molecule has 38 heavy (non-hydrogen) atoms. The molecule has 2 aromatic rings. The van der Waals surface area contributed by atoms with Crippen molar-refractivity contribution in [2.75, 3.05) is 26.7 Å². The van der Waals surface area contributed by atoms with E-state index in [0.29, 0.717) is 25.1 Å². The number of rotatable bonds is 8. The Bertz CT molecular complexity index is 1180. The summed E-state index contributed by atoms with van der Waals surface area (Å²) in [6, 6.07) is 18.2. The van der Waals surface area contributed by atoms with E-state index in [2.05, 4.69) is 10.4 Å². The van der Waals surface area contributed by atoms with Gasteiger partial charge in [-0.15, -0.1) is 0 Å². The van der Waals surface area contributed by atoms with E-state index < -0.39 is 23.2 Å². The van der Waals surface area contributed by atoms with Gasteiger partial charge in [-0.1, -0.05) is 48.5 Å². The van der Waals surface area contributed by atoms with Gasteiger partial charge in [-0.05, 0) is 44.9 Å². The smallest absolute Gasteiger partial charge is 0.408 e. The van der Waals surface area contributed by atoms with Crippen molar-refractivity contribution in [1.82, 2.24) is 15.2 Å². The Labute approximate surface area is 223 Å². The van der Waals surface area contributed by atoms with Crippen LogP contribution in [0.5, 0.6) is 5.75 Å². The second-order valence-corrected chi connectivity index (χ2v) is 10.8. The first-order chi connectivity index (χ1) is 18.1. The zero-order valence-corrected chi connectivity index (χ0v) is 22.5. The van der Waals surface area contributed by atoms with Gasteiger partial charge in [0.05, 0.1) is 12.3 Å². The van der Waals surface area contributed by atoms with E-state index in [-0.39, 0.29) is 31.4 Å². The van der Waals surface area contributed by atoms with Crippen LogP contribution in [0, 0.1) is 5.41 Å². The summed E-state index contributed by atoms with van der Waals surface area (Å²) in [5, 5.41) is 8.65. The number of carbonyl (C=O) groups excluding carboxylic acids is 3. The maximum atomic E-state index is 13.8. The predicted octanol–water partition coefficient (Wildman–Crippen LogP) is 3.64. The van der Waals surface area contributed by atoms with Crippen LogP contribution in [0.15, 0.2) is 65.8 Å². The molecule has 202 valence electrons. The van der Waals surface area contributed by atoms with Crippen molar-refractivity contribution in [3.05, 3.63) is 66.2 Å². The number of amides is 3. The molecule has 1 N–H and O–H groups in total. The van der Waals surface area contributed by atoms with E-state index >= 15 is 0 Å². The minimum Gasteiger partial charge on any atom is -0.494 e. The molecule has 1 fully saturated rings. The molecule has 2 aliphatic rings. The van der Waals surface area contributed by atoms with Crippen molar-refractivity contribution < 1.29 is 23.9 Å². The van der Waals surface area contributed by atoms with Crippen LogP contribution < -0.4 is 10.1 Å². The average Bonchev–Trinajstić information content (AvgIpc) is 3.12. The summed E-state index contributed by atoms with van der Waals surface area (Å²) in [6.07, 6.45) is 0.490. The molecule has 2 aromatic carbocycles. The molecular formula is C29H36N4O5. The number of hydrogen-bond acceptors (Lipinski definition) is 6. The number of piperidine rings is 1. The van der Waals surface area contributed by atoms with E-state index in [1.165, 1.54) is 5.01 Å². The fourth-order valence-electron chi connectivity index (χ4n) is 4.95. The SMILES string of the molecule is CN1N=C2CCN(C(=O)C(CCOc3ccccc3)NC(=O)OC(C)(C)C)C[C@@]2(Cc2ccccc2)C1=O. The van der Waals surface area contributed by atoms with Crippen LogP contribution in [0.25, 0.3) is 0 Å². The quantitative estimate of drug-likeness (QED) is 0.573. The Hall–Kier alpha value is -3.88. The number of ether oxygens (including phenoxy) is 2. The van der Waals surface area contributed by atoms with Crippen LogP contribution in [0.1, 0.15) is 39.2 Å². The molecule has 2 atom stereocenters. The highest BCUT2D eigenvalue weighted by Gasteiger charge is 2.53. The van der Waals surface area contributed by atoms with Crippen molar-refractivity contribution in [2.45, 2.75) is 51.7 Å². The first kappa shape index (κ1) is 27.2. The normalized spacial score (nSPS) is 19.9. The zero-order chi connectivity index (χ0) is 27.3. The van der Waals surface area contributed by atoms with E-state index in [9.17, 15) is 14.4 Å². The lowest BCUT2D eigenvalue weighted by Crippen LogP contribution is -2.59. The monoisotopic (exact) mass is 520 g/mol. The second kappa shape index (κ2) is 11.2. The predicted molar refractivity (Wildman–Crippen MR) is 144 cm³/mol. The number of benzene rings is 2. The number of carbonyl (C=O) groups is 3. The van der Waals surface area contributed by atoms with Gasteiger partial charge in [0, 0.05) is 33.0 Å². The Morgan fingerprint density at radius 3 is 2.39 bits per heavy atom. The molecule has 1 unspecified atom stereocenters. The minimum atomic E-state index is -0.930. The molecule has 0 spiro atoms. The standard InChI is InChI=1S/C29H36N4O5/c1-28(2,3)38-27(36)30-23(16-18-37-22-13-9-6-10-14-22)25(34)33-17-15-24-29(20-33,26(35)32(4)31-24)19-21-11-7-5-8-12-21/h5-14,23H,15-20H2,1-4H3,(H,30,36)/t23?,29-/m1/s1. The van der Waals surface area contributed by atoms with Gasteiger partial charge in [0.2, 0.25) is 5.91 Å². The van der Waals surface area contributed by atoms with E-state index in [0.717, 1.165) is 11.3 Å². The molecule has 4 rings (SSSR count). The first-order valence-electron chi connectivity index (χ1n) is 12.9. The van der Waals surface area contributed by atoms with Crippen molar-refractivity contribution in [3.8, 4) is 5.75 Å². The van der Waals surface area contributed by atoms with Gasteiger partial charge in [0.25, 0.3) is 5.91 Å². The molecule has 0 aromatic heterocycles. The third-order valence-electron chi connectivity index (χ3n) is 6.67. The molecule has 0 radical (unpaired) electrons. The Morgan fingerprint density at radius 1 is 1.08 bits per heavy atom. The lowest BCUT2D eigenvalue weighted by Gasteiger charge is -2.40. The molecule has 0 aliphatic carbocycles. The highest BCUT2D eigenvalue weighted by molar-refractivity contribution is 6.13. The van der Waals surface area contributed by atoms with Gasteiger partial charge in [-0.3, -0.25) is 9.59 Å². The molecule has 3 amide bonds. The van der Waals surface area contributed by atoms with Crippen molar-refractivity contribution in [3.63, 3.8) is 0 Å². The number of hydrogen-bond donors (Lipinski definition) is 1. The highest BCUT2D eigenvalue weighted by Crippen LogP contribution is 2.38. The number of likely N-dealkylation sites (tertiary alicyclic amines) is 1.